The SMILES string of the molecule is [2H]c1c([2H])c([2H])c(-c2ccc3c4c(cccc24)-c2cc(-c4ccc5c6ccccc6n(-c6ccccc6)c5c4)ccc2O3)c([2H])c1[2H]. The van der Waals surface area contributed by atoms with E-state index in [1.165, 1.54) is 10.8 Å². The quantitative estimate of drug-likeness (QED) is 0.217. The zero-order chi connectivity index (χ0) is 32.0. The van der Waals surface area contributed by atoms with E-state index in [2.05, 4.69) is 89.5 Å². The summed E-state index contributed by atoms with van der Waals surface area (Å²) < 4.78 is 50.5. The summed E-state index contributed by atoms with van der Waals surface area (Å²) >= 11 is 0. The fourth-order valence-electron chi connectivity index (χ4n) is 6.42. The first-order chi connectivity index (χ1) is 22.9. The Balaban J connectivity index is 1.23. The van der Waals surface area contributed by atoms with Gasteiger partial charge in [-0.25, -0.2) is 0 Å². The van der Waals surface area contributed by atoms with Crippen LogP contribution in [0.15, 0.2) is 152 Å². The number of ether oxygens (including phenoxy) is 1. The van der Waals surface area contributed by atoms with Crippen molar-refractivity contribution in [1.29, 1.82) is 0 Å². The Bertz CT molecular complexity index is 2580. The molecule has 8 aromatic rings. The number of nitrogens with zero attached hydrogens (tertiary/aromatic N) is 1. The first-order valence-corrected chi connectivity index (χ1v) is 13.9. The van der Waals surface area contributed by atoms with Gasteiger partial charge in [0.15, 0.2) is 0 Å². The van der Waals surface area contributed by atoms with E-state index in [-0.39, 0.29) is 29.7 Å². The van der Waals surface area contributed by atoms with Gasteiger partial charge in [-0.2, -0.15) is 0 Å². The van der Waals surface area contributed by atoms with Gasteiger partial charge >= 0.3 is 0 Å². The molecule has 2 heterocycles. The van der Waals surface area contributed by atoms with Crippen molar-refractivity contribution < 1.29 is 11.6 Å². The zero-order valence-electron chi connectivity index (χ0n) is 27.4. The Morgan fingerprint density at radius 2 is 1.21 bits per heavy atom. The number of aromatic nitrogens is 1. The fraction of sp³-hybridized carbons (Fsp3) is 0. The normalized spacial score (nSPS) is 13.7. The lowest BCUT2D eigenvalue weighted by Gasteiger charge is -2.23. The second-order valence-electron chi connectivity index (χ2n) is 10.6. The van der Waals surface area contributed by atoms with Crippen LogP contribution in [0.1, 0.15) is 6.85 Å². The minimum absolute atomic E-state index is 0.182. The second kappa shape index (κ2) is 8.95. The fourth-order valence-corrected chi connectivity index (χ4v) is 6.42. The topological polar surface area (TPSA) is 14.2 Å². The van der Waals surface area contributed by atoms with Crippen LogP contribution in [-0.2, 0) is 0 Å². The summed E-state index contributed by atoms with van der Waals surface area (Å²) in [6, 6.07) is 39.8. The molecule has 42 heavy (non-hydrogen) atoms. The summed E-state index contributed by atoms with van der Waals surface area (Å²) in [6.45, 7) is 0. The number of hydrogen-bond donors (Lipinski definition) is 0. The predicted octanol–water partition coefficient (Wildman–Crippen LogP) is 11.0. The molecule has 0 unspecified atom stereocenters. The van der Waals surface area contributed by atoms with E-state index in [1.54, 1.807) is 6.07 Å². The number of benzene rings is 7. The van der Waals surface area contributed by atoms with Gasteiger partial charge in [0.25, 0.3) is 0 Å². The minimum Gasteiger partial charge on any atom is -0.456 e. The Morgan fingerprint density at radius 1 is 0.476 bits per heavy atom. The average Bonchev–Trinajstić information content (AvgIpc) is 3.45. The Labute approximate surface area is 250 Å². The molecule has 1 aliphatic heterocycles. The molecule has 0 atom stereocenters. The molecule has 196 valence electrons. The molecule has 9 rings (SSSR count). The van der Waals surface area contributed by atoms with Crippen molar-refractivity contribution in [3.05, 3.63) is 152 Å². The van der Waals surface area contributed by atoms with Crippen LogP contribution in [0.2, 0.25) is 0 Å². The summed E-state index contributed by atoms with van der Waals surface area (Å²) in [5.74, 6) is 1.41. The Hall–Kier alpha value is -5.60. The van der Waals surface area contributed by atoms with Gasteiger partial charge in [-0.3, -0.25) is 0 Å². The van der Waals surface area contributed by atoms with Gasteiger partial charge in [0, 0.05) is 27.4 Å². The minimum atomic E-state index is -0.404. The third-order valence-electron chi connectivity index (χ3n) is 8.28. The number of para-hydroxylation sites is 2. The third-order valence-corrected chi connectivity index (χ3v) is 8.28. The van der Waals surface area contributed by atoms with Crippen molar-refractivity contribution in [2.45, 2.75) is 0 Å². The van der Waals surface area contributed by atoms with Gasteiger partial charge in [0.2, 0.25) is 0 Å². The molecule has 2 nitrogen and oxygen atoms in total. The number of rotatable bonds is 3. The van der Waals surface area contributed by atoms with E-state index in [4.69, 9.17) is 11.6 Å². The van der Waals surface area contributed by atoms with Gasteiger partial charge in [0.1, 0.15) is 11.5 Å². The molecule has 0 amide bonds. The average molecular weight is 541 g/mol. The van der Waals surface area contributed by atoms with Crippen LogP contribution < -0.4 is 4.74 Å². The molecule has 0 spiro atoms. The highest BCUT2D eigenvalue weighted by atomic mass is 16.5. The zero-order valence-corrected chi connectivity index (χ0v) is 22.4. The van der Waals surface area contributed by atoms with Gasteiger partial charge < -0.3 is 9.30 Å². The van der Waals surface area contributed by atoms with Crippen LogP contribution in [0.3, 0.4) is 0 Å². The molecule has 0 saturated heterocycles. The largest absolute Gasteiger partial charge is 0.456 e. The molecular formula is C40H25NO. The molecule has 0 saturated carbocycles. The number of fused-ring (bicyclic) bond motifs is 5. The Morgan fingerprint density at radius 3 is 2.12 bits per heavy atom. The predicted molar refractivity (Wildman–Crippen MR) is 175 cm³/mol. The van der Waals surface area contributed by atoms with E-state index in [1.807, 2.05) is 30.3 Å². The van der Waals surface area contributed by atoms with E-state index < -0.39 is 6.04 Å². The Kier molecular flexibility index (Phi) is 3.98. The van der Waals surface area contributed by atoms with Crippen LogP contribution in [0.25, 0.3) is 71.6 Å². The van der Waals surface area contributed by atoms with Crippen LogP contribution in [0.4, 0.5) is 0 Å². The molecule has 0 aliphatic carbocycles. The van der Waals surface area contributed by atoms with Gasteiger partial charge in [-0.1, -0.05) is 109 Å². The second-order valence-corrected chi connectivity index (χ2v) is 10.6. The van der Waals surface area contributed by atoms with Crippen LogP contribution >= 0.6 is 0 Å². The summed E-state index contributed by atoms with van der Waals surface area (Å²) in [4.78, 5) is 0. The maximum absolute atomic E-state index is 8.61. The van der Waals surface area contributed by atoms with Gasteiger partial charge in [-0.05, 0) is 75.7 Å². The number of hydrogen-bond acceptors (Lipinski definition) is 1. The summed E-state index contributed by atoms with van der Waals surface area (Å²) in [7, 11) is 0. The van der Waals surface area contributed by atoms with Crippen LogP contribution in [0, 0.1) is 0 Å². The lowest BCUT2D eigenvalue weighted by atomic mass is 9.89. The van der Waals surface area contributed by atoms with Crippen molar-refractivity contribution >= 4 is 32.6 Å². The van der Waals surface area contributed by atoms with Crippen LogP contribution in [0.5, 0.6) is 11.5 Å². The highest BCUT2D eigenvalue weighted by molar-refractivity contribution is 6.11. The highest BCUT2D eigenvalue weighted by Gasteiger charge is 2.22. The molecule has 0 radical (unpaired) electrons. The van der Waals surface area contributed by atoms with Crippen molar-refractivity contribution in [3.8, 4) is 50.6 Å². The molecule has 1 aliphatic rings. The summed E-state index contributed by atoms with van der Waals surface area (Å²) in [5, 5.41) is 4.01. The van der Waals surface area contributed by atoms with E-state index in [0.717, 1.165) is 55.5 Å². The van der Waals surface area contributed by atoms with Crippen molar-refractivity contribution in [2.24, 2.45) is 0 Å². The molecule has 0 fully saturated rings. The summed E-state index contributed by atoms with van der Waals surface area (Å²) in [5.41, 5.74) is 8.16. The van der Waals surface area contributed by atoms with Crippen molar-refractivity contribution in [2.75, 3.05) is 0 Å². The molecule has 0 bridgehead atoms. The molecule has 7 aromatic carbocycles. The van der Waals surface area contributed by atoms with Crippen molar-refractivity contribution in [1.82, 2.24) is 4.57 Å². The highest BCUT2D eigenvalue weighted by Crippen LogP contribution is 2.49. The monoisotopic (exact) mass is 540 g/mol. The van der Waals surface area contributed by atoms with Crippen molar-refractivity contribution in [3.63, 3.8) is 0 Å². The first kappa shape index (κ1) is 18.7. The molecular weight excluding hydrogens is 510 g/mol. The molecule has 2 heteroatoms. The lowest BCUT2D eigenvalue weighted by molar-refractivity contribution is 0.487. The summed E-state index contributed by atoms with van der Waals surface area (Å²) in [6.07, 6.45) is 0. The standard InChI is InChI=1S/C40H25NO/c1-3-10-26(11-4-1)30-21-23-39-40-33(30)15-9-16-34(40)35-24-27(19-22-38(35)42-39)28-18-20-32-31-14-7-8-17-36(31)41(37(32)25-28)29-12-5-2-6-13-29/h1-25H/i1D,3D,4D,10D,11D. The van der Waals surface area contributed by atoms with Gasteiger partial charge in [-0.15, -0.1) is 0 Å². The van der Waals surface area contributed by atoms with Gasteiger partial charge in [0.05, 0.1) is 17.9 Å². The maximum atomic E-state index is 8.61. The van der Waals surface area contributed by atoms with Crippen LogP contribution in [-0.4, -0.2) is 4.57 Å². The maximum Gasteiger partial charge on any atom is 0.135 e. The lowest BCUT2D eigenvalue weighted by Crippen LogP contribution is -1.98. The molecule has 1 aromatic heterocycles. The molecule has 0 N–H and O–H groups in total. The van der Waals surface area contributed by atoms with E-state index >= 15 is 0 Å². The smallest absolute Gasteiger partial charge is 0.135 e. The van der Waals surface area contributed by atoms with E-state index in [0.29, 0.717) is 11.3 Å². The third kappa shape index (κ3) is 3.39. The first-order valence-electron chi connectivity index (χ1n) is 16.4. The van der Waals surface area contributed by atoms with E-state index in [9.17, 15) is 0 Å².